The minimum absolute atomic E-state index is 0.127. The van der Waals surface area contributed by atoms with Gasteiger partial charge in [0, 0.05) is 0 Å². The Morgan fingerprint density at radius 1 is 0.952 bits per heavy atom. The van der Waals surface area contributed by atoms with Crippen molar-refractivity contribution in [2.45, 2.75) is 26.2 Å². The average Bonchev–Trinajstić information content (AvgIpc) is 2.55. The molecule has 0 spiro atoms. The van der Waals surface area contributed by atoms with Crippen LogP contribution in [0, 0.1) is 0 Å². The van der Waals surface area contributed by atoms with Gasteiger partial charge in [0.15, 0.2) is 12.5 Å². The van der Waals surface area contributed by atoms with E-state index in [1.807, 2.05) is 42.5 Å². The Labute approximate surface area is 125 Å². The first-order valence-corrected chi connectivity index (χ1v) is 7.13. The minimum atomic E-state index is 0.127. The molecule has 2 aromatic carbocycles. The Bertz CT molecular complexity index is 513. The lowest BCUT2D eigenvalue weighted by molar-refractivity contribution is -0.225. The second-order valence-corrected chi connectivity index (χ2v) is 4.78. The second-order valence-electron chi connectivity index (χ2n) is 4.78. The molecule has 0 aliphatic heterocycles. The summed E-state index contributed by atoms with van der Waals surface area (Å²) in [6.45, 7) is 4.51. The highest BCUT2D eigenvalue weighted by molar-refractivity contribution is 5.28. The summed E-state index contributed by atoms with van der Waals surface area (Å²) < 4.78 is 0. The van der Waals surface area contributed by atoms with Gasteiger partial charge in [-0.15, -0.1) is 5.48 Å². The van der Waals surface area contributed by atoms with E-state index >= 15 is 0 Å². The predicted octanol–water partition coefficient (Wildman–Crippen LogP) is 4.05. The highest BCUT2D eigenvalue weighted by atomic mass is 17.2. The fraction of sp³-hybridized carbons (Fsp3) is 0.294. The summed E-state index contributed by atoms with van der Waals surface area (Å²) in [5.41, 5.74) is 3.96. The molecule has 1 unspecified atom stereocenters. The molecule has 0 saturated heterocycles. The Hall–Kier alpha value is -2.04. The van der Waals surface area contributed by atoms with Crippen molar-refractivity contribution in [3.05, 3.63) is 60.2 Å². The number of hydrogen-bond acceptors (Lipinski definition) is 4. The number of hydroxylamine groups is 1. The van der Waals surface area contributed by atoms with Crippen LogP contribution in [0.5, 0.6) is 11.5 Å². The molecule has 0 aliphatic carbocycles. The molecule has 1 atom stereocenters. The first-order valence-electron chi connectivity index (χ1n) is 7.13. The number of hydrogen-bond donors (Lipinski definition) is 1. The fourth-order valence-corrected chi connectivity index (χ4v) is 1.81. The van der Waals surface area contributed by atoms with Gasteiger partial charge in [-0.1, -0.05) is 44.2 Å². The normalized spacial score (nSPS) is 11.9. The van der Waals surface area contributed by atoms with Crippen LogP contribution in [0.2, 0.25) is 0 Å². The van der Waals surface area contributed by atoms with Gasteiger partial charge in [-0.05, 0) is 42.2 Å². The van der Waals surface area contributed by atoms with Crippen LogP contribution in [0.15, 0.2) is 54.6 Å². The van der Waals surface area contributed by atoms with Crippen LogP contribution in [0.3, 0.4) is 0 Å². The summed E-state index contributed by atoms with van der Waals surface area (Å²) in [5.74, 6) is 1.95. The molecule has 0 radical (unpaired) electrons. The van der Waals surface area contributed by atoms with Crippen LogP contribution in [0.4, 0.5) is 0 Å². The van der Waals surface area contributed by atoms with Crippen molar-refractivity contribution in [1.82, 2.24) is 5.48 Å². The molecule has 4 heteroatoms. The van der Waals surface area contributed by atoms with E-state index in [1.165, 1.54) is 5.56 Å². The van der Waals surface area contributed by atoms with Crippen molar-refractivity contribution in [2.24, 2.45) is 0 Å². The summed E-state index contributed by atoms with van der Waals surface area (Å²) >= 11 is 0. The lowest BCUT2D eigenvalue weighted by atomic mass is 9.99. The maximum Gasteiger partial charge on any atom is 0.176 e. The summed E-state index contributed by atoms with van der Waals surface area (Å²) in [6, 6.07) is 17.3. The quantitative estimate of drug-likeness (QED) is 0.344. The van der Waals surface area contributed by atoms with Gasteiger partial charge in [0.05, 0.1) is 0 Å². The van der Waals surface area contributed by atoms with Crippen molar-refractivity contribution in [3.8, 4) is 11.5 Å². The molecule has 4 nitrogen and oxygen atoms in total. The third kappa shape index (κ3) is 5.10. The van der Waals surface area contributed by atoms with Crippen LogP contribution < -0.4 is 15.2 Å². The average molecular weight is 287 g/mol. The van der Waals surface area contributed by atoms with E-state index in [0.717, 1.165) is 12.2 Å². The van der Waals surface area contributed by atoms with Crippen LogP contribution in [0.25, 0.3) is 0 Å². The van der Waals surface area contributed by atoms with E-state index < -0.39 is 0 Å². The minimum Gasteiger partial charge on any atom is -0.406 e. The monoisotopic (exact) mass is 287 g/mol. The van der Waals surface area contributed by atoms with Crippen molar-refractivity contribution in [3.63, 3.8) is 0 Å². The van der Waals surface area contributed by atoms with E-state index in [2.05, 4.69) is 31.5 Å². The topological polar surface area (TPSA) is 39.7 Å². The number of nitrogens with one attached hydrogen (secondary N) is 1. The van der Waals surface area contributed by atoms with Crippen molar-refractivity contribution >= 4 is 0 Å². The van der Waals surface area contributed by atoms with E-state index in [4.69, 9.17) is 14.6 Å². The van der Waals surface area contributed by atoms with Crippen LogP contribution in [-0.2, 0) is 4.89 Å². The Balaban J connectivity index is 1.67. The molecule has 0 fully saturated rings. The summed E-state index contributed by atoms with van der Waals surface area (Å²) in [4.78, 5) is 15.5. The number of benzene rings is 2. The SMILES string of the molecule is CCC(C)c1ccc(OOCNOc2ccccc2)cc1. The fourth-order valence-electron chi connectivity index (χ4n) is 1.81. The van der Waals surface area contributed by atoms with Crippen LogP contribution in [-0.4, -0.2) is 6.73 Å². The van der Waals surface area contributed by atoms with E-state index in [1.54, 1.807) is 0 Å². The van der Waals surface area contributed by atoms with Gasteiger partial charge in [0.2, 0.25) is 0 Å². The molecular formula is C17H21NO3. The highest BCUT2D eigenvalue weighted by Crippen LogP contribution is 2.21. The molecule has 0 heterocycles. The molecule has 0 amide bonds. The summed E-state index contributed by atoms with van der Waals surface area (Å²) in [5, 5.41) is 0. The van der Waals surface area contributed by atoms with Gasteiger partial charge < -0.3 is 9.73 Å². The third-order valence-corrected chi connectivity index (χ3v) is 3.27. The maximum absolute atomic E-state index is 5.25. The van der Waals surface area contributed by atoms with Gasteiger partial charge in [-0.2, -0.15) is 4.89 Å². The van der Waals surface area contributed by atoms with Crippen molar-refractivity contribution in [2.75, 3.05) is 6.73 Å². The first-order chi connectivity index (χ1) is 10.3. The smallest absolute Gasteiger partial charge is 0.176 e. The zero-order chi connectivity index (χ0) is 14.9. The van der Waals surface area contributed by atoms with E-state index in [9.17, 15) is 0 Å². The molecule has 21 heavy (non-hydrogen) atoms. The predicted molar refractivity (Wildman–Crippen MR) is 81.9 cm³/mol. The Morgan fingerprint density at radius 3 is 2.33 bits per heavy atom. The molecular weight excluding hydrogens is 266 g/mol. The highest BCUT2D eigenvalue weighted by Gasteiger charge is 2.03. The lowest BCUT2D eigenvalue weighted by Crippen LogP contribution is -2.22. The zero-order valence-electron chi connectivity index (χ0n) is 12.4. The third-order valence-electron chi connectivity index (χ3n) is 3.27. The molecule has 1 N–H and O–H groups in total. The molecule has 0 aromatic heterocycles. The van der Waals surface area contributed by atoms with Crippen molar-refractivity contribution in [1.29, 1.82) is 0 Å². The van der Waals surface area contributed by atoms with Gasteiger partial charge in [0.1, 0.15) is 5.75 Å². The summed E-state index contributed by atoms with van der Waals surface area (Å²) in [7, 11) is 0. The second kappa shape index (κ2) is 8.29. The molecule has 0 aliphatic rings. The van der Waals surface area contributed by atoms with Gasteiger partial charge in [-0.25, -0.2) is 0 Å². The lowest BCUT2D eigenvalue weighted by Gasteiger charge is -2.10. The zero-order valence-corrected chi connectivity index (χ0v) is 12.4. The maximum atomic E-state index is 5.25. The van der Waals surface area contributed by atoms with E-state index in [0.29, 0.717) is 11.7 Å². The number of para-hydroxylation sites is 1. The Morgan fingerprint density at radius 2 is 1.67 bits per heavy atom. The van der Waals surface area contributed by atoms with Crippen molar-refractivity contribution < 1.29 is 14.6 Å². The molecule has 2 aromatic rings. The molecule has 0 bridgehead atoms. The largest absolute Gasteiger partial charge is 0.406 e. The van der Waals surface area contributed by atoms with Gasteiger partial charge >= 0.3 is 0 Å². The van der Waals surface area contributed by atoms with Gasteiger partial charge in [-0.3, -0.25) is 0 Å². The van der Waals surface area contributed by atoms with Gasteiger partial charge in [0.25, 0.3) is 0 Å². The Kier molecular flexibility index (Phi) is 6.06. The molecule has 2 rings (SSSR count). The molecule has 112 valence electrons. The number of rotatable bonds is 8. The first kappa shape index (κ1) is 15.4. The van der Waals surface area contributed by atoms with Crippen LogP contribution in [0.1, 0.15) is 31.7 Å². The summed E-state index contributed by atoms with van der Waals surface area (Å²) in [6.07, 6.45) is 1.12. The van der Waals surface area contributed by atoms with Crippen LogP contribution >= 0.6 is 0 Å². The standard InChI is InChI=1S/C17H21NO3/c1-3-14(2)15-9-11-17(12-10-15)21-19-13-18-20-16-7-5-4-6-8-16/h4-12,14,18H,3,13H2,1-2H3. The molecule has 0 saturated carbocycles. The van der Waals surface area contributed by atoms with E-state index in [-0.39, 0.29) is 6.73 Å².